The van der Waals surface area contributed by atoms with Crippen LogP contribution < -0.4 is 0 Å². The third-order valence-corrected chi connectivity index (χ3v) is 4.31. The van der Waals surface area contributed by atoms with Gasteiger partial charge in [0.25, 0.3) is 5.89 Å². The molecule has 7 heteroatoms. The lowest BCUT2D eigenvalue weighted by Gasteiger charge is -2.24. The number of hydrogen-bond acceptors (Lipinski definition) is 6. The molecule has 2 aromatic heterocycles. The first-order valence-electron chi connectivity index (χ1n) is 8.46. The molecule has 1 aliphatic rings. The zero-order valence-corrected chi connectivity index (χ0v) is 14.5. The highest BCUT2D eigenvalue weighted by Gasteiger charge is 2.15. The Morgan fingerprint density at radius 2 is 1.84 bits per heavy atom. The summed E-state index contributed by atoms with van der Waals surface area (Å²) in [6.07, 6.45) is 0. The summed E-state index contributed by atoms with van der Waals surface area (Å²) in [5.41, 5.74) is 4.04. The molecule has 1 aromatic carbocycles. The fourth-order valence-corrected chi connectivity index (χ4v) is 3.03. The second-order valence-corrected chi connectivity index (χ2v) is 6.29. The maximum absolute atomic E-state index is 5.42. The maximum atomic E-state index is 5.42. The van der Waals surface area contributed by atoms with E-state index in [1.54, 1.807) is 0 Å². The quantitative estimate of drug-likeness (QED) is 0.727. The second kappa shape index (κ2) is 6.78. The van der Waals surface area contributed by atoms with Crippen molar-refractivity contribution in [1.29, 1.82) is 0 Å². The van der Waals surface area contributed by atoms with Crippen molar-refractivity contribution in [2.24, 2.45) is 0 Å². The number of aromatic nitrogens is 4. The molecule has 0 spiro atoms. The van der Waals surface area contributed by atoms with Crippen molar-refractivity contribution in [2.45, 2.75) is 20.4 Å². The number of rotatable bonds is 4. The van der Waals surface area contributed by atoms with Gasteiger partial charge in [-0.2, -0.15) is 10.1 Å². The van der Waals surface area contributed by atoms with Crippen molar-refractivity contribution in [3.63, 3.8) is 0 Å². The summed E-state index contributed by atoms with van der Waals surface area (Å²) in [6.45, 7) is 8.06. The smallest absolute Gasteiger partial charge is 0.257 e. The number of ether oxygens (including phenoxy) is 1. The Morgan fingerprint density at radius 1 is 1.08 bits per heavy atom. The monoisotopic (exact) mass is 339 g/mol. The first-order valence-corrected chi connectivity index (χ1v) is 8.46. The van der Waals surface area contributed by atoms with Gasteiger partial charge in [0.05, 0.1) is 31.1 Å². The van der Waals surface area contributed by atoms with E-state index in [9.17, 15) is 0 Å². The molecule has 25 heavy (non-hydrogen) atoms. The molecule has 1 fully saturated rings. The Bertz CT molecular complexity index is 847. The molecule has 0 unspecified atom stereocenters. The van der Waals surface area contributed by atoms with Crippen LogP contribution >= 0.6 is 0 Å². The predicted octanol–water partition coefficient (Wildman–Crippen LogP) is 2.37. The van der Waals surface area contributed by atoms with Crippen LogP contribution in [0.25, 0.3) is 17.1 Å². The Labute approximate surface area is 146 Å². The van der Waals surface area contributed by atoms with Crippen molar-refractivity contribution < 1.29 is 9.26 Å². The largest absolute Gasteiger partial charge is 0.379 e. The van der Waals surface area contributed by atoms with Gasteiger partial charge in [-0.15, -0.1) is 0 Å². The summed E-state index contributed by atoms with van der Waals surface area (Å²) < 4.78 is 12.7. The van der Waals surface area contributed by atoms with E-state index in [1.165, 1.54) is 0 Å². The van der Waals surface area contributed by atoms with Gasteiger partial charge in [-0.3, -0.25) is 4.90 Å². The number of hydrogen-bond donors (Lipinski definition) is 0. The number of nitrogens with zero attached hydrogens (tertiary/aromatic N) is 5. The van der Waals surface area contributed by atoms with Crippen molar-refractivity contribution >= 4 is 0 Å². The standard InChI is InChI=1S/C18H21N5O2/c1-13-11-14(2)23(20-13)16-5-3-15(4-6-16)18-19-17(21-25-18)12-22-7-9-24-10-8-22/h3-6,11H,7-10,12H2,1-2H3. The van der Waals surface area contributed by atoms with Gasteiger partial charge < -0.3 is 9.26 Å². The van der Waals surface area contributed by atoms with E-state index in [2.05, 4.69) is 26.2 Å². The molecule has 1 saturated heterocycles. The molecule has 0 atom stereocenters. The first-order chi connectivity index (χ1) is 12.2. The molecule has 0 radical (unpaired) electrons. The van der Waals surface area contributed by atoms with Crippen LogP contribution in [0.4, 0.5) is 0 Å². The Balaban J connectivity index is 1.49. The van der Waals surface area contributed by atoms with E-state index in [4.69, 9.17) is 9.26 Å². The van der Waals surface area contributed by atoms with Crippen LogP contribution in [-0.2, 0) is 11.3 Å². The highest BCUT2D eigenvalue weighted by molar-refractivity contribution is 5.55. The van der Waals surface area contributed by atoms with Gasteiger partial charge in [0.15, 0.2) is 5.82 Å². The molecule has 3 aromatic rings. The van der Waals surface area contributed by atoms with Gasteiger partial charge in [0.2, 0.25) is 0 Å². The van der Waals surface area contributed by atoms with E-state index < -0.39 is 0 Å². The Morgan fingerprint density at radius 3 is 2.52 bits per heavy atom. The zero-order valence-electron chi connectivity index (χ0n) is 14.5. The van der Waals surface area contributed by atoms with Crippen molar-refractivity contribution in [2.75, 3.05) is 26.3 Å². The summed E-state index contributed by atoms with van der Waals surface area (Å²) >= 11 is 0. The fraction of sp³-hybridized carbons (Fsp3) is 0.389. The third-order valence-electron chi connectivity index (χ3n) is 4.31. The average Bonchev–Trinajstić information content (AvgIpc) is 3.22. The van der Waals surface area contributed by atoms with Crippen LogP contribution in [-0.4, -0.2) is 51.1 Å². The van der Waals surface area contributed by atoms with Gasteiger partial charge in [-0.1, -0.05) is 5.16 Å². The minimum absolute atomic E-state index is 0.545. The zero-order chi connectivity index (χ0) is 17.2. The van der Waals surface area contributed by atoms with Crippen LogP contribution in [0, 0.1) is 13.8 Å². The number of benzene rings is 1. The van der Waals surface area contributed by atoms with Crippen molar-refractivity contribution in [3.05, 3.63) is 47.5 Å². The first kappa shape index (κ1) is 16.0. The second-order valence-electron chi connectivity index (χ2n) is 6.29. The Kier molecular flexibility index (Phi) is 4.33. The van der Waals surface area contributed by atoms with Gasteiger partial charge in [0, 0.05) is 24.3 Å². The average molecular weight is 339 g/mol. The van der Waals surface area contributed by atoms with Crippen molar-refractivity contribution in [3.8, 4) is 17.1 Å². The topological polar surface area (TPSA) is 69.2 Å². The van der Waals surface area contributed by atoms with Crippen LogP contribution in [0.1, 0.15) is 17.2 Å². The summed E-state index contributed by atoms with van der Waals surface area (Å²) in [5, 5.41) is 8.60. The lowest BCUT2D eigenvalue weighted by Crippen LogP contribution is -2.35. The molecule has 0 amide bonds. The maximum Gasteiger partial charge on any atom is 0.257 e. The Hall–Kier alpha value is -2.51. The van der Waals surface area contributed by atoms with Crippen LogP contribution in [0.15, 0.2) is 34.9 Å². The van der Waals surface area contributed by atoms with E-state index >= 15 is 0 Å². The van der Waals surface area contributed by atoms with Crippen LogP contribution in [0.5, 0.6) is 0 Å². The van der Waals surface area contributed by atoms with E-state index in [-0.39, 0.29) is 0 Å². The molecular weight excluding hydrogens is 318 g/mol. The highest BCUT2D eigenvalue weighted by Crippen LogP contribution is 2.20. The van der Waals surface area contributed by atoms with Gasteiger partial charge in [0.1, 0.15) is 0 Å². The van der Waals surface area contributed by atoms with E-state index in [0.29, 0.717) is 18.3 Å². The lowest BCUT2D eigenvalue weighted by molar-refractivity contribution is 0.0327. The normalized spacial score (nSPS) is 15.6. The highest BCUT2D eigenvalue weighted by atomic mass is 16.5. The molecule has 0 N–H and O–H groups in total. The minimum Gasteiger partial charge on any atom is -0.379 e. The molecule has 3 heterocycles. The van der Waals surface area contributed by atoms with E-state index in [0.717, 1.165) is 48.9 Å². The number of morpholine rings is 1. The summed E-state index contributed by atoms with van der Waals surface area (Å²) in [4.78, 5) is 6.78. The van der Waals surface area contributed by atoms with Gasteiger partial charge in [-0.25, -0.2) is 4.68 Å². The molecule has 7 nitrogen and oxygen atoms in total. The predicted molar refractivity (Wildman–Crippen MR) is 92.4 cm³/mol. The fourth-order valence-electron chi connectivity index (χ4n) is 3.03. The molecule has 0 aliphatic carbocycles. The molecule has 1 aliphatic heterocycles. The minimum atomic E-state index is 0.545. The third kappa shape index (κ3) is 3.47. The van der Waals surface area contributed by atoms with Crippen LogP contribution in [0.2, 0.25) is 0 Å². The molecule has 0 saturated carbocycles. The molecule has 0 bridgehead atoms. The lowest BCUT2D eigenvalue weighted by atomic mass is 10.2. The molecule has 130 valence electrons. The molecular formula is C18H21N5O2. The van der Waals surface area contributed by atoms with Crippen LogP contribution in [0.3, 0.4) is 0 Å². The van der Waals surface area contributed by atoms with Crippen molar-refractivity contribution in [1.82, 2.24) is 24.8 Å². The van der Waals surface area contributed by atoms with E-state index in [1.807, 2.05) is 42.8 Å². The number of aryl methyl sites for hydroxylation is 2. The summed E-state index contributed by atoms with van der Waals surface area (Å²) in [5.74, 6) is 1.25. The SMILES string of the molecule is Cc1cc(C)n(-c2ccc(-c3nc(CN4CCOCC4)no3)cc2)n1. The summed E-state index contributed by atoms with van der Waals surface area (Å²) in [6, 6.07) is 10.1. The summed E-state index contributed by atoms with van der Waals surface area (Å²) in [7, 11) is 0. The molecule has 4 rings (SSSR count). The van der Waals surface area contributed by atoms with Gasteiger partial charge in [-0.05, 0) is 44.2 Å². The van der Waals surface area contributed by atoms with Gasteiger partial charge >= 0.3 is 0 Å².